The van der Waals surface area contributed by atoms with Crippen LogP contribution in [0.15, 0.2) is 47.4 Å². The molecule has 25 heavy (non-hydrogen) atoms. The van der Waals surface area contributed by atoms with Gasteiger partial charge in [0.1, 0.15) is 23.4 Å². The predicted octanol–water partition coefficient (Wildman–Crippen LogP) is 3.02. The Bertz CT molecular complexity index is 836. The number of ether oxygens (including phenoxy) is 2. The van der Waals surface area contributed by atoms with Gasteiger partial charge in [-0.15, -0.1) is 0 Å². The van der Waals surface area contributed by atoms with Gasteiger partial charge < -0.3 is 19.4 Å². The molecule has 0 aliphatic carbocycles. The van der Waals surface area contributed by atoms with Crippen LogP contribution in [0.1, 0.15) is 27.8 Å². The lowest BCUT2D eigenvalue weighted by Crippen LogP contribution is -2.30. The van der Waals surface area contributed by atoms with E-state index in [1.54, 1.807) is 32.5 Å². The fourth-order valence-corrected chi connectivity index (χ4v) is 3.19. The van der Waals surface area contributed by atoms with E-state index in [4.69, 9.17) is 9.47 Å². The summed E-state index contributed by atoms with van der Waals surface area (Å²) in [6.07, 6.45) is 3.55. The fraction of sp³-hybridized carbons (Fsp3) is 0.222. The number of methoxy groups -OCH3 is 2. The first-order chi connectivity index (χ1) is 12.1. The predicted molar refractivity (Wildman–Crippen MR) is 96.4 cm³/mol. The van der Waals surface area contributed by atoms with E-state index in [0.29, 0.717) is 17.1 Å². The second kappa shape index (κ2) is 7.40. The van der Waals surface area contributed by atoms with Gasteiger partial charge in [0.25, 0.3) is 5.91 Å². The molecule has 130 valence electrons. The average molecular weight is 357 g/mol. The highest BCUT2D eigenvalue weighted by atomic mass is 32.1. The number of benzene rings is 1. The maximum absolute atomic E-state index is 12.6. The second-order valence-electron chi connectivity index (χ2n) is 5.46. The molecular formula is C18H19N3O3S. The van der Waals surface area contributed by atoms with Crippen molar-refractivity contribution in [3.8, 4) is 11.5 Å². The normalized spacial score (nSPS) is 11.8. The lowest BCUT2D eigenvalue weighted by Gasteiger charge is -2.20. The number of aryl methyl sites for hydroxylation is 1. The number of amides is 1. The van der Waals surface area contributed by atoms with Crippen LogP contribution in [-0.2, 0) is 7.05 Å². The minimum absolute atomic E-state index is 0.156. The molecule has 0 aliphatic heterocycles. The molecule has 6 nitrogen and oxygen atoms in total. The van der Waals surface area contributed by atoms with Gasteiger partial charge in [-0.25, -0.2) is 4.98 Å². The number of aromatic nitrogens is 2. The highest BCUT2D eigenvalue weighted by Gasteiger charge is 2.23. The van der Waals surface area contributed by atoms with E-state index in [9.17, 15) is 4.79 Å². The largest absolute Gasteiger partial charge is 0.497 e. The first-order valence-corrected chi connectivity index (χ1v) is 8.60. The molecule has 0 spiro atoms. The Morgan fingerprint density at radius 2 is 1.96 bits per heavy atom. The lowest BCUT2D eigenvalue weighted by atomic mass is 10.0. The van der Waals surface area contributed by atoms with Crippen LogP contribution >= 0.6 is 11.3 Å². The van der Waals surface area contributed by atoms with E-state index >= 15 is 0 Å². The van der Waals surface area contributed by atoms with Crippen LogP contribution in [0.4, 0.5) is 0 Å². The quantitative estimate of drug-likeness (QED) is 0.736. The van der Waals surface area contributed by atoms with E-state index in [-0.39, 0.29) is 5.91 Å². The molecule has 0 aliphatic rings. The Balaban J connectivity index is 2.02. The van der Waals surface area contributed by atoms with E-state index in [1.807, 2.05) is 40.7 Å². The monoisotopic (exact) mass is 357 g/mol. The zero-order valence-electron chi connectivity index (χ0n) is 14.2. The molecule has 1 atom stereocenters. The molecule has 0 bridgehead atoms. The fourth-order valence-electron chi connectivity index (χ4n) is 2.56. The number of hydrogen-bond donors (Lipinski definition) is 1. The SMILES string of the molecule is COc1cc(OC)cc(C(NC(=O)c2ccsc2)c2nccn2C)c1. The Hall–Kier alpha value is -2.80. The summed E-state index contributed by atoms with van der Waals surface area (Å²) < 4.78 is 12.6. The van der Waals surface area contributed by atoms with Crippen LogP contribution < -0.4 is 14.8 Å². The smallest absolute Gasteiger partial charge is 0.252 e. The summed E-state index contributed by atoms with van der Waals surface area (Å²) in [6, 6.07) is 6.89. The standard InChI is InChI=1S/C18H19N3O3S/c1-21-6-5-19-17(21)16(20-18(22)12-4-7-25-11-12)13-8-14(23-2)10-15(9-13)24-3/h4-11,16H,1-3H3,(H,20,22). The van der Waals surface area contributed by atoms with Crippen molar-refractivity contribution >= 4 is 17.2 Å². The summed E-state index contributed by atoms with van der Waals surface area (Å²) in [6.45, 7) is 0. The van der Waals surface area contributed by atoms with Gasteiger partial charge in [0, 0.05) is 30.9 Å². The molecule has 2 heterocycles. The Morgan fingerprint density at radius 1 is 1.24 bits per heavy atom. The number of hydrogen-bond acceptors (Lipinski definition) is 5. The molecular weight excluding hydrogens is 338 g/mol. The summed E-state index contributed by atoms with van der Waals surface area (Å²) >= 11 is 1.48. The minimum atomic E-state index is -0.434. The molecule has 0 radical (unpaired) electrons. The van der Waals surface area contributed by atoms with Crippen molar-refractivity contribution in [2.24, 2.45) is 7.05 Å². The third kappa shape index (κ3) is 3.66. The highest BCUT2D eigenvalue weighted by molar-refractivity contribution is 7.08. The van der Waals surface area contributed by atoms with Gasteiger partial charge in [-0.05, 0) is 29.1 Å². The van der Waals surface area contributed by atoms with E-state index < -0.39 is 6.04 Å². The van der Waals surface area contributed by atoms with E-state index in [2.05, 4.69) is 10.3 Å². The number of imidazole rings is 1. The molecule has 0 saturated carbocycles. The summed E-state index contributed by atoms with van der Waals surface area (Å²) in [5.74, 6) is 1.87. The third-order valence-electron chi connectivity index (χ3n) is 3.88. The third-order valence-corrected chi connectivity index (χ3v) is 4.57. The van der Waals surface area contributed by atoms with Crippen molar-refractivity contribution in [2.45, 2.75) is 6.04 Å². The van der Waals surface area contributed by atoms with Gasteiger partial charge in [-0.3, -0.25) is 4.79 Å². The summed E-state index contributed by atoms with van der Waals surface area (Å²) in [4.78, 5) is 17.0. The van der Waals surface area contributed by atoms with E-state index in [1.165, 1.54) is 11.3 Å². The van der Waals surface area contributed by atoms with Crippen LogP contribution in [0.3, 0.4) is 0 Å². The number of carbonyl (C=O) groups is 1. The van der Waals surface area contributed by atoms with Gasteiger partial charge in [0.05, 0.1) is 19.8 Å². The maximum atomic E-state index is 12.6. The van der Waals surface area contributed by atoms with Gasteiger partial charge in [-0.1, -0.05) is 0 Å². The van der Waals surface area contributed by atoms with Crippen LogP contribution in [0.2, 0.25) is 0 Å². The second-order valence-corrected chi connectivity index (χ2v) is 6.24. The molecule has 1 amide bonds. The van der Waals surface area contributed by atoms with E-state index in [0.717, 1.165) is 11.4 Å². The maximum Gasteiger partial charge on any atom is 0.252 e. The summed E-state index contributed by atoms with van der Waals surface area (Å²) in [5, 5.41) is 6.75. The van der Waals surface area contributed by atoms with Crippen molar-refractivity contribution < 1.29 is 14.3 Å². The van der Waals surface area contributed by atoms with Crippen molar-refractivity contribution in [3.05, 3.63) is 64.4 Å². The number of thiophene rings is 1. The Labute approximate surface area is 150 Å². The molecule has 3 aromatic rings. The molecule has 1 unspecified atom stereocenters. The molecule has 3 rings (SSSR count). The van der Waals surface area contributed by atoms with Crippen LogP contribution in [-0.4, -0.2) is 29.7 Å². The summed E-state index contributed by atoms with van der Waals surface area (Å²) in [5.41, 5.74) is 1.45. The van der Waals surface area contributed by atoms with Crippen LogP contribution in [0.25, 0.3) is 0 Å². The van der Waals surface area contributed by atoms with Crippen molar-refractivity contribution in [2.75, 3.05) is 14.2 Å². The van der Waals surface area contributed by atoms with Crippen molar-refractivity contribution in [1.29, 1.82) is 0 Å². The molecule has 2 aromatic heterocycles. The molecule has 0 fully saturated rings. The molecule has 7 heteroatoms. The Kier molecular flexibility index (Phi) is 5.04. The van der Waals surface area contributed by atoms with Crippen LogP contribution in [0.5, 0.6) is 11.5 Å². The highest BCUT2D eigenvalue weighted by Crippen LogP contribution is 2.29. The van der Waals surface area contributed by atoms with Crippen molar-refractivity contribution in [3.63, 3.8) is 0 Å². The first kappa shape index (κ1) is 17.0. The Morgan fingerprint density at radius 3 is 2.48 bits per heavy atom. The van der Waals surface area contributed by atoms with Gasteiger partial charge in [-0.2, -0.15) is 11.3 Å². The zero-order valence-corrected chi connectivity index (χ0v) is 15.0. The number of carbonyl (C=O) groups excluding carboxylic acids is 1. The topological polar surface area (TPSA) is 65.4 Å². The van der Waals surface area contributed by atoms with Crippen LogP contribution in [0, 0.1) is 0 Å². The zero-order chi connectivity index (χ0) is 17.8. The van der Waals surface area contributed by atoms with Crippen molar-refractivity contribution in [1.82, 2.24) is 14.9 Å². The number of rotatable bonds is 6. The lowest BCUT2D eigenvalue weighted by molar-refractivity contribution is 0.0941. The number of nitrogens with zero attached hydrogens (tertiary/aromatic N) is 2. The number of nitrogens with one attached hydrogen (secondary N) is 1. The van der Waals surface area contributed by atoms with Gasteiger partial charge in [0.2, 0.25) is 0 Å². The summed E-state index contributed by atoms with van der Waals surface area (Å²) in [7, 11) is 5.08. The van der Waals surface area contributed by atoms with Gasteiger partial charge in [0.15, 0.2) is 0 Å². The van der Waals surface area contributed by atoms with Gasteiger partial charge >= 0.3 is 0 Å². The molecule has 0 saturated heterocycles. The molecule has 1 N–H and O–H groups in total. The molecule has 1 aromatic carbocycles. The minimum Gasteiger partial charge on any atom is -0.497 e. The first-order valence-electron chi connectivity index (χ1n) is 7.65. The average Bonchev–Trinajstić information content (AvgIpc) is 3.31.